The number of hydrogen-bond acceptors (Lipinski definition) is 11. The number of aryl methyl sites for hydroxylation is 1. The topological polar surface area (TPSA) is 59.6 Å². The summed E-state index contributed by atoms with van der Waals surface area (Å²) < 4.78 is 11.8. The van der Waals surface area contributed by atoms with Gasteiger partial charge in [0.2, 0.25) is 0 Å². The summed E-state index contributed by atoms with van der Waals surface area (Å²) in [5.74, 6) is 0.745. The van der Waals surface area contributed by atoms with Crippen molar-refractivity contribution < 1.29 is 14.3 Å². The molecule has 0 radical (unpaired) electrons. The number of thiophene rings is 6. The number of benzene rings is 1. The van der Waals surface area contributed by atoms with Crippen LogP contribution in [0.2, 0.25) is 0 Å². The maximum Gasteiger partial charge on any atom is 0.306 e. The van der Waals surface area contributed by atoms with Gasteiger partial charge in [-0.3, -0.25) is 4.79 Å². The van der Waals surface area contributed by atoms with Crippen LogP contribution in [0, 0.1) is 0 Å². The number of nitrogens with one attached hydrogen (secondary N) is 2. The molecule has 11 heteroatoms. The third-order valence-corrected chi connectivity index (χ3v) is 18.3. The predicted octanol–water partition coefficient (Wildman–Crippen LogP) is 15.7. The van der Waals surface area contributed by atoms with Crippen LogP contribution in [0.25, 0.3) is 39.7 Å². The van der Waals surface area contributed by atoms with E-state index >= 15 is 0 Å². The van der Waals surface area contributed by atoms with E-state index < -0.39 is 0 Å². The average Bonchev–Trinajstić information content (AvgIpc) is 4.15. The van der Waals surface area contributed by atoms with Crippen LogP contribution >= 0.6 is 68.0 Å². The van der Waals surface area contributed by atoms with Crippen molar-refractivity contribution in [3.8, 4) is 45.5 Å². The van der Waals surface area contributed by atoms with E-state index in [9.17, 15) is 4.79 Å². The Bertz CT molecular complexity index is 2370. The number of esters is 1. The highest BCUT2D eigenvalue weighted by Gasteiger charge is 2.25. The van der Waals surface area contributed by atoms with Gasteiger partial charge in [-0.05, 0) is 140 Å². The smallest absolute Gasteiger partial charge is 0.306 e. The van der Waals surface area contributed by atoms with Crippen molar-refractivity contribution in [1.29, 1.82) is 0 Å². The second-order valence-electron chi connectivity index (χ2n) is 16.1. The van der Waals surface area contributed by atoms with Gasteiger partial charge in [0.15, 0.2) is 0 Å². The normalized spacial score (nSPS) is 15.3. The lowest BCUT2D eigenvalue weighted by atomic mass is 9.90. The lowest BCUT2D eigenvalue weighted by Crippen LogP contribution is -2.49. The zero-order valence-corrected chi connectivity index (χ0v) is 40.6. The number of ether oxygens (including phenoxy) is 2. The number of hydrogen-bond donors (Lipinski definition) is 2. The van der Waals surface area contributed by atoms with E-state index in [0.29, 0.717) is 31.7 Å². The van der Waals surface area contributed by atoms with Gasteiger partial charge in [0, 0.05) is 81.1 Å². The van der Waals surface area contributed by atoms with Crippen LogP contribution in [0.5, 0.6) is 5.75 Å². The molecule has 0 bridgehead atoms. The van der Waals surface area contributed by atoms with Crippen molar-refractivity contribution in [1.82, 2.24) is 10.6 Å². The summed E-state index contributed by atoms with van der Waals surface area (Å²) in [5, 5.41) is 12.1. The van der Waals surface area contributed by atoms with Gasteiger partial charge in [-0.1, -0.05) is 51.2 Å². The number of rotatable bonds is 24. The molecule has 62 heavy (non-hydrogen) atoms. The Morgan fingerprint density at radius 3 is 1.97 bits per heavy atom. The third-order valence-electron chi connectivity index (χ3n) is 11.5. The molecule has 0 aliphatic heterocycles. The summed E-state index contributed by atoms with van der Waals surface area (Å²) in [5.41, 5.74) is 2.30. The van der Waals surface area contributed by atoms with E-state index in [1.165, 1.54) is 112 Å². The lowest BCUT2D eigenvalue weighted by Gasteiger charge is -2.33. The van der Waals surface area contributed by atoms with Gasteiger partial charge in [0.05, 0.1) is 11.5 Å². The second kappa shape index (κ2) is 23.5. The van der Waals surface area contributed by atoms with E-state index in [1.54, 1.807) is 34.0 Å². The highest BCUT2D eigenvalue weighted by Crippen LogP contribution is 2.42. The highest BCUT2D eigenvalue weighted by molar-refractivity contribution is 7.26. The molecule has 2 atom stereocenters. The Hall–Kier alpha value is -3.39. The fourth-order valence-corrected chi connectivity index (χ4v) is 14.0. The van der Waals surface area contributed by atoms with Gasteiger partial charge < -0.3 is 20.1 Å². The van der Waals surface area contributed by atoms with E-state index in [2.05, 4.69) is 119 Å². The molecule has 326 valence electrons. The molecule has 0 unspecified atom stereocenters. The maximum absolute atomic E-state index is 12.7. The Labute approximate surface area is 392 Å². The molecule has 1 aliphatic carbocycles. The van der Waals surface area contributed by atoms with Crippen molar-refractivity contribution in [3.05, 3.63) is 122 Å². The van der Waals surface area contributed by atoms with Crippen LogP contribution in [0.15, 0.2) is 102 Å². The summed E-state index contributed by atoms with van der Waals surface area (Å²) in [6, 6.07) is 33.9. The minimum Gasteiger partial charge on any atom is -0.494 e. The van der Waals surface area contributed by atoms with Gasteiger partial charge >= 0.3 is 5.97 Å². The fourth-order valence-electron chi connectivity index (χ4n) is 8.06. The Balaban J connectivity index is 0.718. The second-order valence-corrected chi connectivity index (χ2v) is 22.6. The summed E-state index contributed by atoms with van der Waals surface area (Å²) in [6.07, 6.45) is 14.6. The highest BCUT2D eigenvalue weighted by atomic mass is 32.1. The molecule has 1 saturated carbocycles. The molecule has 1 aromatic carbocycles. The van der Waals surface area contributed by atoms with Crippen LogP contribution < -0.4 is 15.4 Å². The Kier molecular flexibility index (Phi) is 17.1. The molecule has 0 saturated heterocycles. The SMILES string of the molecule is CCCCCCc1ccc(-c2ccc(CN[C@@H]3CCCC[C@H]3NCc3ccc(-c4ccc(OCCCCCC(=O)OCc5cc(-c6cccs6)sc5-c5cccs5)cc4)s3)s2)s1. The number of carbonyl (C=O) groups excluding carboxylic acids is 1. The number of carbonyl (C=O) groups is 1. The van der Waals surface area contributed by atoms with Crippen molar-refractivity contribution >= 4 is 74.0 Å². The quantitative estimate of drug-likeness (QED) is 0.0467. The summed E-state index contributed by atoms with van der Waals surface area (Å²) in [7, 11) is 0. The molecule has 1 fully saturated rings. The number of unbranched alkanes of at least 4 members (excludes halogenated alkanes) is 5. The average molecular weight is 939 g/mol. The zero-order valence-electron chi connectivity index (χ0n) is 35.7. The van der Waals surface area contributed by atoms with E-state index in [0.717, 1.165) is 43.7 Å². The van der Waals surface area contributed by atoms with Crippen LogP contribution in [-0.4, -0.2) is 24.7 Å². The van der Waals surface area contributed by atoms with E-state index in [4.69, 9.17) is 9.47 Å². The first kappa shape index (κ1) is 45.2. The first-order valence-electron chi connectivity index (χ1n) is 22.4. The summed E-state index contributed by atoms with van der Waals surface area (Å²) in [6.45, 7) is 5.06. The van der Waals surface area contributed by atoms with Gasteiger partial charge in [-0.2, -0.15) is 0 Å². The zero-order chi connectivity index (χ0) is 42.4. The van der Waals surface area contributed by atoms with Crippen LogP contribution in [0.1, 0.15) is 104 Å². The molecule has 1 aliphatic rings. The maximum atomic E-state index is 12.7. The lowest BCUT2D eigenvalue weighted by molar-refractivity contribution is -0.145. The standard InChI is InChI=1S/C51H58N2O3S6/c1-2-3-4-6-13-39-23-27-46(59-39)47-28-25-41(61-47)34-53-43-15-9-8-14-42(43)52-33-40-24-26-44(60-40)36-19-21-38(22-20-36)55-29-10-5-7-18-50(54)56-35-37-32-49(45-16-11-30-57-45)62-51(37)48-17-12-31-58-48/h11-12,16-17,19-28,30-32,42-43,52-53H,2-10,13-15,18,29,33-35H2,1H3/t42-,43-/m1/s1. The fraction of sp³-hybridized carbons (Fsp3) is 0.392. The van der Waals surface area contributed by atoms with Crippen LogP contribution in [0.3, 0.4) is 0 Å². The molecule has 5 nitrogen and oxygen atoms in total. The van der Waals surface area contributed by atoms with Crippen molar-refractivity contribution in [2.24, 2.45) is 0 Å². The van der Waals surface area contributed by atoms with Gasteiger partial charge in [0.25, 0.3) is 0 Å². The van der Waals surface area contributed by atoms with Gasteiger partial charge in [-0.15, -0.1) is 68.0 Å². The molecule has 6 aromatic heterocycles. The van der Waals surface area contributed by atoms with E-state index in [1.807, 2.05) is 34.0 Å². The first-order chi connectivity index (χ1) is 30.6. The first-order valence-corrected chi connectivity index (χ1v) is 27.4. The molecule has 8 rings (SSSR count). The van der Waals surface area contributed by atoms with Crippen molar-refractivity contribution in [3.63, 3.8) is 0 Å². The molecular weight excluding hydrogens is 881 g/mol. The van der Waals surface area contributed by atoms with E-state index in [-0.39, 0.29) is 5.97 Å². The third kappa shape index (κ3) is 12.9. The van der Waals surface area contributed by atoms with Crippen LogP contribution in [-0.2, 0) is 35.6 Å². The molecular formula is C51H58N2O3S6. The molecule has 0 amide bonds. The van der Waals surface area contributed by atoms with Crippen LogP contribution in [0.4, 0.5) is 0 Å². The van der Waals surface area contributed by atoms with Crippen molar-refractivity contribution in [2.75, 3.05) is 6.61 Å². The van der Waals surface area contributed by atoms with Gasteiger partial charge in [0.1, 0.15) is 12.4 Å². The molecule has 7 aromatic rings. The Morgan fingerprint density at radius 1 is 0.629 bits per heavy atom. The minimum absolute atomic E-state index is 0.139. The van der Waals surface area contributed by atoms with Gasteiger partial charge in [-0.25, -0.2) is 0 Å². The molecule has 6 heterocycles. The summed E-state index contributed by atoms with van der Waals surface area (Å²) in [4.78, 5) is 26.0. The minimum atomic E-state index is -0.139. The largest absolute Gasteiger partial charge is 0.494 e. The Morgan fingerprint density at radius 2 is 1.27 bits per heavy atom. The molecule has 0 spiro atoms. The monoisotopic (exact) mass is 938 g/mol. The predicted molar refractivity (Wildman–Crippen MR) is 270 cm³/mol. The summed E-state index contributed by atoms with van der Waals surface area (Å²) >= 11 is 11.0. The van der Waals surface area contributed by atoms with Crippen molar-refractivity contribution in [2.45, 2.75) is 122 Å². The molecule has 2 N–H and O–H groups in total.